The molecule has 1 unspecified atom stereocenters. The Morgan fingerprint density at radius 1 is 0.946 bits per heavy atom. The zero-order valence-corrected chi connectivity index (χ0v) is 19.4. The van der Waals surface area contributed by atoms with Crippen LogP contribution in [0.4, 0.5) is 13.2 Å². The number of carbonyl (C=O) groups is 1. The van der Waals surface area contributed by atoms with Gasteiger partial charge >= 0.3 is 12.1 Å². The molecule has 188 valence electrons. The van der Waals surface area contributed by atoms with Crippen molar-refractivity contribution in [1.82, 2.24) is 14.8 Å². The maximum absolute atomic E-state index is 14.5. The van der Waals surface area contributed by atoms with Crippen molar-refractivity contribution >= 4 is 5.97 Å². The van der Waals surface area contributed by atoms with Crippen molar-refractivity contribution in [3.05, 3.63) is 120 Å². The normalized spacial score (nSPS) is 14.9. The van der Waals surface area contributed by atoms with Crippen molar-refractivity contribution in [2.24, 2.45) is 0 Å². The predicted molar refractivity (Wildman–Crippen MR) is 127 cm³/mol. The van der Waals surface area contributed by atoms with E-state index in [9.17, 15) is 18.0 Å². The summed E-state index contributed by atoms with van der Waals surface area (Å²) in [5.41, 5.74) is -0.647. The number of nitrogens with zero attached hydrogens (tertiary/aromatic N) is 3. The highest BCUT2D eigenvalue weighted by Crippen LogP contribution is 2.47. The number of rotatable bonds is 5. The molecule has 1 aromatic heterocycles. The number of hydrogen-bond donors (Lipinski definition) is 0. The van der Waals surface area contributed by atoms with Gasteiger partial charge in [-0.2, -0.15) is 28.0 Å². The first-order chi connectivity index (χ1) is 17.9. The zero-order valence-electron chi connectivity index (χ0n) is 19.4. The molecule has 4 aromatic rings. The van der Waals surface area contributed by atoms with E-state index < -0.39 is 23.9 Å². The van der Waals surface area contributed by atoms with Crippen molar-refractivity contribution in [1.29, 1.82) is 0 Å². The second kappa shape index (κ2) is 9.73. The van der Waals surface area contributed by atoms with Gasteiger partial charge in [-0.15, -0.1) is 0 Å². The van der Waals surface area contributed by atoms with Crippen molar-refractivity contribution in [2.75, 3.05) is 7.11 Å². The number of para-hydroxylation sites is 2. The molecule has 0 fully saturated rings. The van der Waals surface area contributed by atoms with Gasteiger partial charge in [-0.25, -0.2) is 4.79 Å². The number of methoxy groups -OCH3 is 1. The molecule has 1 aliphatic heterocycles. The van der Waals surface area contributed by atoms with Crippen LogP contribution in [0.15, 0.2) is 97.4 Å². The number of alkyl halides is 3. The largest absolute Gasteiger partial charge is 0.496 e. The molecule has 0 radical (unpaired) electrons. The van der Waals surface area contributed by atoms with Crippen molar-refractivity contribution < 1.29 is 32.3 Å². The van der Waals surface area contributed by atoms with Crippen LogP contribution in [0.2, 0.25) is 0 Å². The number of hydrogen-bond acceptors (Lipinski definition) is 6. The Balaban J connectivity index is 1.74. The van der Waals surface area contributed by atoms with Gasteiger partial charge in [-0.05, 0) is 30.3 Å². The molecule has 5 rings (SSSR count). The minimum Gasteiger partial charge on any atom is -0.496 e. The van der Waals surface area contributed by atoms with Gasteiger partial charge in [0, 0.05) is 5.56 Å². The Morgan fingerprint density at radius 3 is 2.27 bits per heavy atom. The van der Waals surface area contributed by atoms with Crippen molar-refractivity contribution in [3.63, 3.8) is 0 Å². The quantitative estimate of drug-likeness (QED) is 0.334. The molecular weight excluding hydrogens is 487 g/mol. The standard InChI is InChI=1S/C27H20F3N3O4/c1-35-21-15-9-8-14-20(21)23-22-24(27(28,29)30)31-33(19-12-6-3-7-13-19)25(22)36-17-16-32(23)37-26(34)18-10-4-2-5-11-18/h2-17,23H,1H3. The number of fused-ring (bicyclic) bond motifs is 1. The SMILES string of the molecule is COc1ccccc1C1c2c(C(F)(F)F)nn(-c3ccccc3)c2OC=CN1OC(=O)c1ccccc1. The molecule has 7 nitrogen and oxygen atoms in total. The Labute approximate surface area is 209 Å². The molecule has 0 spiro atoms. The molecule has 37 heavy (non-hydrogen) atoms. The van der Waals surface area contributed by atoms with Crippen LogP contribution < -0.4 is 9.47 Å². The molecule has 1 aliphatic rings. The van der Waals surface area contributed by atoms with Crippen LogP contribution in [0, 0.1) is 0 Å². The van der Waals surface area contributed by atoms with Gasteiger partial charge in [0.05, 0.1) is 30.1 Å². The summed E-state index contributed by atoms with van der Waals surface area (Å²) in [6, 6.07) is 21.6. The highest BCUT2D eigenvalue weighted by molar-refractivity contribution is 5.89. The van der Waals surface area contributed by atoms with Crippen molar-refractivity contribution in [3.8, 4) is 17.3 Å². The van der Waals surface area contributed by atoms with E-state index in [4.69, 9.17) is 14.3 Å². The van der Waals surface area contributed by atoms with Crippen LogP contribution in [-0.4, -0.2) is 27.9 Å². The second-order valence-corrected chi connectivity index (χ2v) is 7.96. The first kappa shape index (κ1) is 24.0. The Hall–Kier alpha value is -4.73. The molecule has 0 saturated heterocycles. The molecule has 3 aromatic carbocycles. The molecule has 10 heteroatoms. The highest BCUT2D eigenvalue weighted by atomic mass is 19.4. The van der Waals surface area contributed by atoms with E-state index in [-0.39, 0.29) is 22.8 Å². The van der Waals surface area contributed by atoms with E-state index in [2.05, 4.69) is 5.10 Å². The Morgan fingerprint density at radius 2 is 1.59 bits per heavy atom. The summed E-state index contributed by atoms with van der Waals surface area (Å²) in [6.45, 7) is 0. The lowest BCUT2D eigenvalue weighted by atomic mass is 9.97. The molecule has 1 atom stereocenters. The van der Waals surface area contributed by atoms with Crippen LogP contribution in [0.1, 0.15) is 33.2 Å². The van der Waals surface area contributed by atoms with Crippen LogP contribution in [0.5, 0.6) is 11.6 Å². The van der Waals surface area contributed by atoms with Gasteiger partial charge in [-0.3, -0.25) is 0 Å². The highest BCUT2D eigenvalue weighted by Gasteiger charge is 2.46. The number of halogens is 3. The van der Waals surface area contributed by atoms with E-state index in [1.807, 2.05) is 0 Å². The number of carbonyl (C=O) groups excluding carboxylic acids is 1. The molecule has 0 amide bonds. The third-order valence-corrected chi connectivity index (χ3v) is 5.69. The topological polar surface area (TPSA) is 65.8 Å². The summed E-state index contributed by atoms with van der Waals surface area (Å²) in [5.74, 6) is -0.656. The average molecular weight is 507 g/mol. The summed E-state index contributed by atoms with van der Waals surface area (Å²) in [5, 5.41) is 4.92. The average Bonchev–Trinajstić information content (AvgIpc) is 3.20. The summed E-state index contributed by atoms with van der Waals surface area (Å²) in [6.07, 6.45) is -2.45. The third kappa shape index (κ3) is 4.61. The van der Waals surface area contributed by atoms with E-state index in [1.54, 1.807) is 84.9 Å². The fourth-order valence-electron chi connectivity index (χ4n) is 4.09. The summed E-state index contributed by atoms with van der Waals surface area (Å²) in [7, 11) is 1.40. The predicted octanol–water partition coefficient (Wildman–Crippen LogP) is 5.93. The summed E-state index contributed by atoms with van der Waals surface area (Å²) in [4.78, 5) is 18.6. The fraction of sp³-hybridized carbons (Fsp3) is 0.111. The number of hydroxylamine groups is 2. The monoisotopic (exact) mass is 507 g/mol. The van der Waals surface area contributed by atoms with Crippen LogP contribution in [-0.2, 0) is 11.0 Å². The molecule has 0 aliphatic carbocycles. The maximum Gasteiger partial charge on any atom is 0.435 e. The Kier molecular flexibility index (Phi) is 6.31. The smallest absolute Gasteiger partial charge is 0.435 e. The molecule has 0 saturated carbocycles. The lowest BCUT2D eigenvalue weighted by Gasteiger charge is -2.29. The van der Waals surface area contributed by atoms with Crippen LogP contribution >= 0.6 is 0 Å². The molecule has 0 N–H and O–H groups in total. The first-order valence-electron chi connectivity index (χ1n) is 11.2. The lowest BCUT2D eigenvalue weighted by Crippen LogP contribution is -2.29. The number of ether oxygens (including phenoxy) is 2. The van der Waals surface area contributed by atoms with Gasteiger partial charge in [0.2, 0.25) is 5.88 Å². The van der Waals surface area contributed by atoms with Crippen LogP contribution in [0.3, 0.4) is 0 Å². The first-order valence-corrected chi connectivity index (χ1v) is 11.2. The molecule has 0 bridgehead atoms. The minimum atomic E-state index is -4.85. The fourth-order valence-corrected chi connectivity index (χ4v) is 4.09. The molecular formula is C27H20F3N3O4. The second-order valence-electron chi connectivity index (χ2n) is 7.96. The maximum atomic E-state index is 14.5. The summed E-state index contributed by atoms with van der Waals surface area (Å²) < 4.78 is 55.6. The lowest BCUT2D eigenvalue weighted by molar-refractivity contribution is -0.144. The van der Waals surface area contributed by atoms with E-state index in [0.717, 1.165) is 16.0 Å². The van der Waals surface area contributed by atoms with E-state index in [0.29, 0.717) is 11.3 Å². The van der Waals surface area contributed by atoms with Gasteiger partial charge in [0.1, 0.15) is 18.1 Å². The van der Waals surface area contributed by atoms with Gasteiger partial charge in [-0.1, -0.05) is 54.6 Å². The zero-order chi connectivity index (χ0) is 26.0. The van der Waals surface area contributed by atoms with Gasteiger partial charge in [0.15, 0.2) is 5.69 Å². The van der Waals surface area contributed by atoms with Crippen LogP contribution in [0.25, 0.3) is 5.69 Å². The van der Waals surface area contributed by atoms with E-state index in [1.165, 1.54) is 13.3 Å². The van der Waals surface area contributed by atoms with Gasteiger partial charge in [0.25, 0.3) is 0 Å². The van der Waals surface area contributed by atoms with Crippen molar-refractivity contribution in [2.45, 2.75) is 12.2 Å². The molecule has 2 heterocycles. The third-order valence-electron chi connectivity index (χ3n) is 5.69. The number of benzene rings is 3. The Bertz CT molecular complexity index is 1440. The van der Waals surface area contributed by atoms with E-state index >= 15 is 0 Å². The minimum absolute atomic E-state index is 0.177. The summed E-state index contributed by atoms with van der Waals surface area (Å²) >= 11 is 0. The number of aromatic nitrogens is 2. The van der Waals surface area contributed by atoms with Gasteiger partial charge < -0.3 is 14.3 Å².